The first kappa shape index (κ1) is 20.9. The quantitative estimate of drug-likeness (QED) is 0.692. The van der Waals surface area contributed by atoms with Crippen LogP contribution < -0.4 is 4.72 Å². The number of aromatic carboxylic acids is 1. The summed E-state index contributed by atoms with van der Waals surface area (Å²) in [6, 6.07) is 7.30. The lowest BCUT2D eigenvalue weighted by Crippen LogP contribution is -2.22. The lowest BCUT2D eigenvalue weighted by Gasteiger charge is -2.27. The Bertz CT molecular complexity index is 1030. The second-order valence-electron chi connectivity index (χ2n) is 8.20. The first-order valence-corrected chi connectivity index (χ1v) is 11.7. The van der Waals surface area contributed by atoms with Crippen molar-refractivity contribution in [1.29, 1.82) is 0 Å². The molecule has 1 aromatic carbocycles. The van der Waals surface area contributed by atoms with Crippen LogP contribution in [0.3, 0.4) is 0 Å². The molecule has 0 aliphatic heterocycles. The predicted molar refractivity (Wildman–Crippen MR) is 111 cm³/mol. The Kier molecular flexibility index (Phi) is 5.59. The van der Waals surface area contributed by atoms with Crippen LogP contribution in [0, 0.1) is 0 Å². The molecule has 9 heteroatoms. The molecule has 0 atom stereocenters. The average Bonchev–Trinajstić information content (AvgIpc) is 3.50. The zero-order valence-corrected chi connectivity index (χ0v) is 18.0. The molecular formula is C21H27N3O5S. The van der Waals surface area contributed by atoms with Gasteiger partial charge < -0.3 is 9.84 Å². The van der Waals surface area contributed by atoms with Gasteiger partial charge in [0.2, 0.25) is 0 Å². The molecule has 30 heavy (non-hydrogen) atoms. The number of hydrogen-bond acceptors (Lipinski definition) is 5. The maximum atomic E-state index is 13.3. The van der Waals surface area contributed by atoms with Gasteiger partial charge in [0, 0.05) is 25.8 Å². The number of carboxylic acid groups (broad SMARTS) is 1. The summed E-state index contributed by atoms with van der Waals surface area (Å²) < 4.78 is 35.7. The van der Waals surface area contributed by atoms with Crippen molar-refractivity contribution in [2.24, 2.45) is 7.05 Å². The van der Waals surface area contributed by atoms with Crippen molar-refractivity contribution in [1.82, 2.24) is 9.78 Å². The van der Waals surface area contributed by atoms with Gasteiger partial charge in [-0.15, -0.1) is 0 Å². The minimum atomic E-state index is -4.13. The van der Waals surface area contributed by atoms with E-state index in [9.17, 15) is 18.3 Å². The smallest absolute Gasteiger partial charge is 0.355 e. The van der Waals surface area contributed by atoms with Crippen LogP contribution >= 0.6 is 0 Å². The number of aromatic nitrogens is 2. The Morgan fingerprint density at radius 2 is 1.70 bits per heavy atom. The fourth-order valence-corrected chi connectivity index (χ4v) is 5.82. The predicted octanol–water partition coefficient (Wildman–Crippen LogP) is 3.47. The average molecular weight is 434 g/mol. The number of sulfonamides is 1. The minimum absolute atomic E-state index is 0.125. The van der Waals surface area contributed by atoms with Crippen molar-refractivity contribution in [3.05, 3.63) is 41.2 Å². The summed E-state index contributed by atoms with van der Waals surface area (Å²) >= 11 is 0. The van der Waals surface area contributed by atoms with Gasteiger partial charge in [-0.05, 0) is 62.1 Å². The molecule has 4 rings (SSSR count). The van der Waals surface area contributed by atoms with E-state index in [1.165, 1.54) is 12.6 Å². The van der Waals surface area contributed by atoms with E-state index < -0.39 is 16.0 Å². The molecule has 0 spiro atoms. The Hall–Kier alpha value is -2.39. The molecular weight excluding hydrogens is 406 g/mol. The minimum Gasteiger partial charge on any atom is -0.476 e. The summed E-state index contributed by atoms with van der Waals surface area (Å²) in [5.41, 5.74) is 1.61. The number of nitrogens with zero attached hydrogens (tertiary/aromatic N) is 2. The SMILES string of the molecule is COC1CCC(c2nn(C)c(C(=O)O)c2S(=O)(=O)Nc2ccc(C3CC3)cc2)CC1. The van der Waals surface area contributed by atoms with Gasteiger partial charge >= 0.3 is 5.97 Å². The van der Waals surface area contributed by atoms with E-state index in [0.717, 1.165) is 30.4 Å². The standard InChI is InChI=1S/C21H27N3O5S/c1-24-19(21(25)26)20(18(22-24)15-7-11-17(29-2)12-8-15)30(27,28)23-16-9-5-14(6-10-16)13-3-4-13/h5-6,9-10,13,15,17,23H,3-4,7-8,11-12H2,1-2H3,(H,25,26). The maximum Gasteiger partial charge on any atom is 0.355 e. The molecule has 0 bridgehead atoms. The Morgan fingerprint density at radius 3 is 2.23 bits per heavy atom. The number of rotatable bonds is 7. The normalized spacial score (nSPS) is 22.1. The molecule has 0 saturated heterocycles. The number of carbonyl (C=O) groups is 1. The number of benzene rings is 1. The largest absolute Gasteiger partial charge is 0.476 e. The highest BCUT2D eigenvalue weighted by molar-refractivity contribution is 7.92. The highest BCUT2D eigenvalue weighted by atomic mass is 32.2. The fourth-order valence-electron chi connectivity index (χ4n) is 4.31. The van der Waals surface area contributed by atoms with Crippen molar-refractivity contribution >= 4 is 21.7 Å². The van der Waals surface area contributed by atoms with E-state index in [0.29, 0.717) is 30.1 Å². The summed E-state index contributed by atoms with van der Waals surface area (Å²) in [6.07, 6.45) is 5.45. The first-order valence-electron chi connectivity index (χ1n) is 10.3. The van der Waals surface area contributed by atoms with Crippen molar-refractivity contribution in [3.63, 3.8) is 0 Å². The van der Waals surface area contributed by atoms with Crippen LogP contribution in [0.1, 0.15) is 72.1 Å². The van der Waals surface area contributed by atoms with Gasteiger partial charge in [0.1, 0.15) is 4.90 Å². The van der Waals surface area contributed by atoms with Crippen molar-refractivity contribution in [3.8, 4) is 0 Å². The molecule has 2 N–H and O–H groups in total. The van der Waals surface area contributed by atoms with Gasteiger partial charge in [-0.2, -0.15) is 5.10 Å². The van der Waals surface area contributed by atoms with E-state index in [2.05, 4.69) is 9.82 Å². The van der Waals surface area contributed by atoms with E-state index in [-0.39, 0.29) is 22.6 Å². The summed E-state index contributed by atoms with van der Waals surface area (Å²) in [6.45, 7) is 0. The number of ether oxygens (including phenoxy) is 1. The molecule has 1 heterocycles. The summed E-state index contributed by atoms with van der Waals surface area (Å²) in [4.78, 5) is 11.7. The topological polar surface area (TPSA) is 111 Å². The van der Waals surface area contributed by atoms with E-state index in [1.807, 2.05) is 12.1 Å². The van der Waals surface area contributed by atoms with Crippen molar-refractivity contribution in [2.45, 2.75) is 61.4 Å². The van der Waals surface area contributed by atoms with E-state index in [4.69, 9.17) is 4.74 Å². The highest BCUT2D eigenvalue weighted by Gasteiger charge is 2.36. The lowest BCUT2D eigenvalue weighted by atomic mass is 9.85. The zero-order valence-electron chi connectivity index (χ0n) is 17.2. The van der Waals surface area contributed by atoms with Crippen molar-refractivity contribution < 1.29 is 23.1 Å². The van der Waals surface area contributed by atoms with Gasteiger partial charge in [-0.3, -0.25) is 9.40 Å². The third-order valence-corrected chi connectivity index (χ3v) is 7.55. The Morgan fingerprint density at radius 1 is 1.10 bits per heavy atom. The van der Waals surface area contributed by atoms with Gasteiger partial charge in [0.25, 0.3) is 10.0 Å². The second kappa shape index (κ2) is 8.03. The van der Waals surface area contributed by atoms with Crippen LogP contribution in [0.25, 0.3) is 0 Å². The molecule has 0 unspecified atom stereocenters. The number of anilines is 1. The molecule has 2 saturated carbocycles. The molecule has 2 aromatic rings. The lowest BCUT2D eigenvalue weighted by molar-refractivity contribution is 0.0650. The number of methoxy groups -OCH3 is 1. The van der Waals surface area contributed by atoms with E-state index >= 15 is 0 Å². The summed E-state index contributed by atoms with van der Waals surface area (Å²) in [5.74, 6) is -0.868. The van der Waals surface area contributed by atoms with Crippen LogP contribution in [0.5, 0.6) is 0 Å². The first-order chi connectivity index (χ1) is 14.3. The number of carboxylic acids is 1. The molecule has 2 aliphatic carbocycles. The molecule has 0 amide bonds. The fraction of sp³-hybridized carbons (Fsp3) is 0.524. The van der Waals surface area contributed by atoms with Crippen LogP contribution in [0.15, 0.2) is 29.2 Å². The zero-order chi connectivity index (χ0) is 21.5. The molecule has 162 valence electrons. The molecule has 0 radical (unpaired) electrons. The number of nitrogens with one attached hydrogen (secondary N) is 1. The maximum absolute atomic E-state index is 13.3. The summed E-state index contributed by atoms with van der Waals surface area (Å²) in [7, 11) is -0.991. The van der Waals surface area contributed by atoms with Crippen LogP contribution in [0.4, 0.5) is 5.69 Å². The third kappa shape index (κ3) is 4.09. The molecule has 1 aromatic heterocycles. The van der Waals surface area contributed by atoms with Crippen LogP contribution in [0.2, 0.25) is 0 Å². The van der Waals surface area contributed by atoms with Gasteiger partial charge in [-0.1, -0.05) is 12.1 Å². The van der Waals surface area contributed by atoms with Gasteiger partial charge in [0.05, 0.1) is 11.8 Å². The van der Waals surface area contributed by atoms with E-state index in [1.54, 1.807) is 19.2 Å². The van der Waals surface area contributed by atoms with Gasteiger partial charge in [0.15, 0.2) is 5.69 Å². The second-order valence-corrected chi connectivity index (χ2v) is 9.82. The number of aryl methyl sites for hydroxylation is 1. The molecule has 2 aliphatic rings. The highest BCUT2D eigenvalue weighted by Crippen LogP contribution is 2.41. The van der Waals surface area contributed by atoms with Crippen LogP contribution in [-0.4, -0.2) is 42.5 Å². The molecule has 8 nitrogen and oxygen atoms in total. The van der Waals surface area contributed by atoms with Crippen molar-refractivity contribution in [2.75, 3.05) is 11.8 Å². The monoisotopic (exact) mass is 433 g/mol. The third-order valence-electron chi connectivity index (χ3n) is 6.11. The van der Waals surface area contributed by atoms with Gasteiger partial charge in [-0.25, -0.2) is 13.2 Å². The summed E-state index contributed by atoms with van der Waals surface area (Å²) in [5, 5.41) is 14.0. The molecule has 2 fully saturated rings. The number of hydrogen-bond donors (Lipinski definition) is 2. The van der Waals surface area contributed by atoms with Crippen LogP contribution in [-0.2, 0) is 21.8 Å². The Labute approximate surface area is 176 Å². The Balaban J connectivity index is 1.67.